The molecule has 38 heavy (non-hydrogen) atoms. The molecule has 0 saturated heterocycles. The van der Waals surface area contributed by atoms with E-state index in [9.17, 15) is 9.59 Å². The molecule has 0 spiro atoms. The Bertz CT molecular complexity index is 1180. The van der Waals surface area contributed by atoms with Gasteiger partial charge >= 0.3 is 0 Å². The Hall–Kier alpha value is -4.00. The zero-order valence-corrected chi connectivity index (χ0v) is 22.9. The third-order valence-electron chi connectivity index (χ3n) is 6.56. The molecule has 2 amide bonds. The summed E-state index contributed by atoms with van der Waals surface area (Å²) in [7, 11) is 3.11. The maximum Gasteiger partial charge on any atom is 0.261 e. The van der Waals surface area contributed by atoms with E-state index in [2.05, 4.69) is 5.32 Å². The number of methoxy groups -OCH3 is 2. The SMILES string of the molecule is CC[C@H](C)NC(=O)[C@H](Cc1ccccc1)N(Cc1ccccc1C)C(=O)COc1cc(OC)cc(OC)c1. The molecule has 0 aliphatic carbocycles. The van der Waals surface area contributed by atoms with Crippen LogP contribution in [0.25, 0.3) is 0 Å². The minimum absolute atomic E-state index is 0.0170. The van der Waals surface area contributed by atoms with E-state index in [-0.39, 0.29) is 31.0 Å². The lowest BCUT2D eigenvalue weighted by Gasteiger charge is -2.32. The summed E-state index contributed by atoms with van der Waals surface area (Å²) in [4.78, 5) is 29.0. The van der Waals surface area contributed by atoms with E-state index in [1.165, 1.54) is 0 Å². The van der Waals surface area contributed by atoms with Gasteiger partial charge in [-0.15, -0.1) is 0 Å². The molecule has 0 heterocycles. The van der Waals surface area contributed by atoms with Crippen LogP contribution in [0.1, 0.15) is 37.0 Å². The maximum atomic E-state index is 13.8. The van der Waals surface area contributed by atoms with Crippen LogP contribution in [0.2, 0.25) is 0 Å². The molecule has 7 nitrogen and oxygen atoms in total. The van der Waals surface area contributed by atoms with Crippen molar-refractivity contribution >= 4 is 11.8 Å². The summed E-state index contributed by atoms with van der Waals surface area (Å²) in [6.45, 7) is 6.02. The Labute approximate surface area is 225 Å². The topological polar surface area (TPSA) is 77.1 Å². The van der Waals surface area contributed by atoms with Crippen LogP contribution in [0.5, 0.6) is 17.2 Å². The van der Waals surface area contributed by atoms with Gasteiger partial charge in [-0.2, -0.15) is 0 Å². The van der Waals surface area contributed by atoms with Crippen LogP contribution in [0.15, 0.2) is 72.8 Å². The maximum absolute atomic E-state index is 13.8. The first-order valence-electron chi connectivity index (χ1n) is 12.9. The number of aryl methyl sites for hydroxylation is 1. The molecule has 0 aliphatic rings. The highest BCUT2D eigenvalue weighted by Crippen LogP contribution is 2.27. The molecule has 0 aromatic heterocycles. The molecular weight excluding hydrogens is 480 g/mol. The summed E-state index contributed by atoms with van der Waals surface area (Å²) < 4.78 is 16.5. The zero-order valence-electron chi connectivity index (χ0n) is 22.9. The van der Waals surface area contributed by atoms with Gasteiger partial charge < -0.3 is 24.4 Å². The molecule has 0 fully saturated rings. The highest BCUT2D eigenvalue weighted by molar-refractivity contribution is 5.88. The van der Waals surface area contributed by atoms with E-state index < -0.39 is 6.04 Å². The highest BCUT2D eigenvalue weighted by Gasteiger charge is 2.31. The lowest BCUT2D eigenvalue weighted by atomic mass is 10.0. The smallest absolute Gasteiger partial charge is 0.261 e. The predicted octanol–water partition coefficient (Wildman–Crippen LogP) is 4.95. The fourth-order valence-corrected chi connectivity index (χ4v) is 4.06. The van der Waals surface area contributed by atoms with Crippen LogP contribution >= 0.6 is 0 Å². The molecular formula is C31H38N2O5. The first kappa shape index (κ1) is 28.6. The average molecular weight is 519 g/mol. The van der Waals surface area contributed by atoms with Gasteiger partial charge in [0.1, 0.15) is 23.3 Å². The zero-order chi connectivity index (χ0) is 27.5. The molecule has 3 rings (SSSR count). The average Bonchev–Trinajstić information content (AvgIpc) is 2.94. The number of hydrogen-bond acceptors (Lipinski definition) is 5. The largest absolute Gasteiger partial charge is 0.496 e. The summed E-state index contributed by atoms with van der Waals surface area (Å²) in [5.74, 6) is 1.06. The van der Waals surface area contributed by atoms with Gasteiger partial charge in [0.15, 0.2) is 6.61 Å². The van der Waals surface area contributed by atoms with E-state index in [4.69, 9.17) is 14.2 Å². The Balaban J connectivity index is 1.94. The van der Waals surface area contributed by atoms with Gasteiger partial charge in [0.2, 0.25) is 5.91 Å². The number of rotatable bonds is 13. The number of nitrogens with zero attached hydrogens (tertiary/aromatic N) is 1. The van der Waals surface area contributed by atoms with Crippen LogP contribution in [0.4, 0.5) is 0 Å². The van der Waals surface area contributed by atoms with Gasteiger partial charge in [-0.3, -0.25) is 9.59 Å². The third kappa shape index (κ3) is 8.00. The van der Waals surface area contributed by atoms with Gasteiger partial charge in [-0.1, -0.05) is 61.5 Å². The minimum atomic E-state index is -0.720. The van der Waals surface area contributed by atoms with Crippen molar-refractivity contribution < 1.29 is 23.8 Å². The van der Waals surface area contributed by atoms with E-state index in [0.29, 0.717) is 23.7 Å². The number of nitrogens with one attached hydrogen (secondary N) is 1. The number of hydrogen-bond donors (Lipinski definition) is 1. The molecule has 7 heteroatoms. The Kier molecular flexibility index (Phi) is 10.6. The van der Waals surface area contributed by atoms with Gasteiger partial charge in [0.05, 0.1) is 14.2 Å². The summed E-state index contributed by atoms with van der Waals surface area (Å²) in [5.41, 5.74) is 2.99. The lowest BCUT2D eigenvalue weighted by Crippen LogP contribution is -2.53. The molecule has 202 valence electrons. The van der Waals surface area contributed by atoms with Crippen molar-refractivity contribution in [2.45, 2.75) is 52.2 Å². The van der Waals surface area contributed by atoms with Crippen LogP contribution in [-0.2, 0) is 22.6 Å². The Morgan fingerprint density at radius 3 is 2.11 bits per heavy atom. The van der Waals surface area contributed by atoms with Crippen molar-refractivity contribution in [1.29, 1.82) is 0 Å². The normalized spacial score (nSPS) is 12.2. The van der Waals surface area contributed by atoms with Gasteiger partial charge in [-0.25, -0.2) is 0 Å². The summed E-state index contributed by atoms with van der Waals surface area (Å²) in [5, 5.41) is 3.08. The van der Waals surface area contributed by atoms with Crippen molar-refractivity contribution in [2.75, 3.05) is 20.8 Å². The van der Waals surface area contributed by atoms with Crippen LogP contribution in [0, 0.1) is 6.92 Å². The third-order valence-corrected chi connectivity index (χ3v) is 6.56. The molecule has 2 atom stereocenters. The van der Waals surface area contributed by atoms with Crippen LogP contribution < -0.4 is 19.5 Å². The molecule has 0 radical (unpaired) electrons. The summed E-state index contributed by atoms with van der Waals surface area (Å²) >= 11 is 0. The Morgan fingerprint density at radius 1 is 0.895 bits per heavy atom. The number of benzene rings is 3. The monoisotopic (exact) mass is 518 g/mol. The molecule has 0 bridgehead atoms. The quantitative estimate of drug-likeness (QED) is 0.347. The summed E-state index contributed by atoms with van der Waals surface area (Å²) in [6, 6.07) is 22.0. The molecule has 0 aliphatic heterocycles. The van der Waals surface area contributed by atoms with E-state index in [1.54, 1.807) is 37.3 Å². The summed E-state index contributed by atoms with van der Waals surface area (Å²) in [6.07, 6.45) is 1.17. The van der Waals surface area contributed by atoms with Gasteiger partial charge in [0.25, 0.3) is 5.91 Å². The fourth-order valence-electron chi connectivity index (χ4n) is 4.06. The number of ether oxygens (including phenoxy) is 3. The highest BCUT2D eigenvalue weighted by atomic mass is 16.5. The van der Waals surface area contributed by atoms with Crippen molar-refractivity contribution in [2.24, 2.45) is 0 Å². The fraction of sp³-hybridized carbons (Fsp3) is 0.355. The lowest BCUT2D eigenvalue weighted by molar-refractivity contribution is -0.143. The predicted molar refractivity (Wildman–Crippen MR) is 149 cm³/mol. The molecule has 1 N–H and O–H groups in total. The van der Waals surface area contributed by atoms with Crippen molar-refractivity contribution in [1.82, 2.24) is 10.2 Å². The number of carbonyl (C=O) groups is 2. The molecule has 0 unspecified atom stereocenters. The second-order valence-electron chi connectivity index (χ2n) is 9.31. The van der Waals surface area contributed by atoms with E-state index in [1.807, 2.05) is 75.4 Å². The molecule has 3 aromatic carbocycles. The van der Waals surface area contributed by atoms with E-state index in [0.717, 1.165) is 23.1 Å². The van der Waals surface area contributed by atoms with Crippen molar-refractivity contribution in [3.63, 3.8) is 0 Å². The number of carbonyl (C=O) groups excluding carboxylic acids is 2. The first-order valence-corrected chi connectivity index (χ1v) is 12.9. The molecule has 0 saturated carbocycles. The Morgan fingerprint density at radius 2 is 1.50 bits per heavy atom. The second-order valence-corrected chi connectivity index (χ2v) is 9.31. The van der Waals surface area contributed by atoms with Crippen LogP contribution in [-0.4, -0.2) is 49.6 Å². The van der Waals surface area contributed by atoms with E-state index >= 15 is 0 Å². The molecule has 3 aromatic rings. The van der Waals surface area contributed by atoms with Gasteiger partial charge in [-0.05, 0) is 37.0 Å². The number of amides is 2. The van der Waals surface area contributed by atoms with Crippen LogP contribution in [0.3, 0.4) is 0 Å². The minimum Gasteiger partial charge on any atom is -0.496 e. The van der Waals surface area contributed by atoms with Crippen molar-refractivity contribution in [3.8, 4) is 17.2 Å². The van der Waals surface area contributed by atoms with Crippen molar-refractivity contribution in [3.05, 3.63) is 89.5 Å². The van der Waals surface area contributed by atoms with Gasteiger partial charge in [0, 0.05) is 37.2 Å². The second kappa shape index (κ2) is 14.1. The first-order chi connectivity index (χ1) is 18.3. The standard InChI is InChI=1S/C31H38N2O5/c1-6-23(3)32-31(35)29(16-24-13-8-7-9-14-24)33(20-25-15-11-10-12-22(25)2)30(34)21-38-28-18-26(36-4)17-27(19-28)37-5/h7-15,17-19,23,29H,6,16,20-21H2,1-5H3,(H,32,35)/t23-,29-/m0/s1.